The maximum absolute atomic E-state index is 7.23. The van der Waals surface area contributed by atoms with Crippen molar-refractivity contribution in [2.45, 2.75) is 16.2 Å². The summed E-state index contributed by atoms with van der Waals surface area (Å²) in [5.41, 5.74) is 24.1. The highest BCUT2D eigenvalue weighted by Gasteiger charge is 2.53. The Balaban J connectivity index is 0.968. The van der Waals surface area contributed by atoms with E-state index in [1.54, 1.807) is 0 Å². The first-order valence-electron chi connectivity index (χ1n) is 31.6. The van der Waals surface area contributed by atoms with E-state index >= 15 is 0 Å². The highest BCUT2D eigenvalue weighted by molar-refractivity contribution is 6.21. The van der Waals surface area contributed by atoms with Gasteiger partial charge < -0.3 is 9.47 Å². The minimum absolute atomic E-state index is 0.541. The zero-order chi connectivity index (χ0) is 59.8. The molecule has 424 valence electrons. The molecule has 0 atom stereocenters. The normalized spacial score (nSPS) is 14.4. The Hall–Kier alpha value is -11.6. The van der Waals surface area contributed by atoms with Gasteiger partial charge in [-0.3, -0.25) is 0 Å². The summed E-state index contributed by atoms with van der Waals surface area (Å²) in [6.07, 6.45) is 0. The average molecular weight is 1160 g/mol. The Kier molecular flexibility index (Phi) is 11.1. The Labute approximate surface area is 529 Å². The summed E-state index contributed by atoms with van der Waals surface area (Å²) < 4.78 is 14.5. The second kappa shape index (κ2) is 19.7. The van der Waals surface area contributed by atoms with Gasteiger partial charge in [0.15, 0.2) is 0 Å². The maximum Gasteiger partial charge on any atom is 0.132 e. The number of hydrogen-bond donors (Lipinski definition) is 0. The summed E-state index contributed by atoms with van der Waals surface area (Å²) in [7, 11) is 0. The molecule has 0 saturated carbocycles. The van der Waals surface area contributed by atoms with Crippen molar-refractivity contribution in [1.29, 1.82) is 0 Å². The summed E-state index contributed by atoms with van der Waals surface area (Å²) in [4.78, 5) is 0. The third kappa shape index (κ3) is 6.91. The number of rotatable bonds is 7. The maximum atomic E-state index is 7.23. The third-order valence-corrected chi connectivity index (χ3v) is 20.6. The van der Waals surface area contributed by atoms with E-state index in [1.165, 1.54) is 77.9 Å². The lowest BCUT2D eigenvalue weighted by molar-refractivity contribution is 0.435. The van der Waals surface area contributed by atoms with Crippen molar-refractivity contribution in [3.8, 4) is 78.6 Å². The standard InChI is InChI=1S/C89H56O2/c1-5-28-57(29-6-1)87(58-30-7-2-8-31-58)76-49-19-21-52-79(76)90-81-54-26-43-67(85(81)87)61-39-23-41-65-71(61)56-72-62(68-44-27-55-82-86(68)88(59-32-9-3-10-33-59,60-34-11-4-12-35-60)77-50-20-22-53-80(77)91-82)40-24-42-66(72)83(65)70-45-25-51-78-84(70)69-38-15-18-48-75(69)89(78)73-46-16-13-36-63(73)64-37-14-17-47-74(64)89/h1-56H. The fraction of sp³-hybridized carbons (Fsp3) is 0.0337. The van der Waals surface area contributed by atoms with Gasteiger partial charge in [0.1, 0.15) is 23.0 Å². The molecule has 0 bridgehead atoms. The zero-order valence-electron chi connectivity index (χ0n) is 49.6. The molecule has 2 heterocycles. The van der Waals surface area contributed by atoms with E-state index in [4.69, 9.17) is 9.47 Å². The Morgan fingerprint density at radius 1 is 0.176 bits per heavy atom. The number of para-hydroxylation sites is 2. The lowest BCUT2D eigenvalue weighted by atomic mass is 9.62. The van der Waals surface area contributed by atoms with E-state index < -0.39 is 16.2 Å². The molecule has 0 saturated heterocycles. The van der Waals surface area contributed by atoms with Crippen LogP contribution in [0.15, 0.2) is 340 Å². The minimum atomic E-state index is -0.778. The van der Waals surface area contributed by atoms with Crippen LogP contribution in [0, 0.1) is 0 Å². The monoisotopic (exact) mass is 1160 g/mol. The van der Waals surface area contributed by atoms with Crippen molar-refractivity contribution >= 4 is 21.5 Å². The molecular formula is C89H56O2. The summed E-state index contributed by atoms with van der Waals surface area (Å²) in [6.45, 7) is 0. The van der Waals surface area contributed by atoms with Crippen LogP contribution in [-0.4, -0.2) is 0 Å². The molecule has 1 spiro atoms. The number of ether oxygens (including phenoxy) is 2. The molecule has 2 aliphatic heterocycles. The van der Waals surface area contributed by atoms with Crippen molar-refractivity contribution in [2.24, 2.45) is 0 Å². The molecule has 0 unspecified atom stereocenters. The SMILES string of the molecule is c1ccc(C2(c3ccccc3)c3ccccc3Oc3cccc(-c4cccc5c(-c6cccc7c6-c6ccccc6C76c7ccccc7-c7ccccc76)c6cccc(-c7cccc8c7C(c7ccccc7)(c7ccccc7)c7ccccc7O8)c6cc45)c32)cc1. The molecule has 15 aromatic rings. The van der Waals surface area contributed by atoms with Crippen LogP contribution < -0.4 is 9.47 Å². The van der Waals surface area contributed by atoms with Gasteiger partial charge in [0.05, 0.1) is 16.2 Å². The summed E-state index contributed by atoms with van der Waals surface area (Å²) in [6, 6.07) is 126. The predicted molar refractivity (Wildman–Crippen MR) is 371 cm³/mol. The third-order valence-electron chi connectivity index (χ3n) is 20.6. The quantitative estimate of drug-likeness (QED) is 0.148. The molecule has 0 radical (unpaired) electrons. The fourth-order valence-corrected chi connectivity index (χ4v) is 17.3. The first kappa shape index (κ1) is 51.5. The fourth-order valence-electron chi connectivity index (χ4n) is 17.3. The van der Waals surface area contributed by atoms with E-state index in [2.05, 4.69) is 340 Å². The second-order valence-electron chi connectivity index (χ2n) is 24.7. The second-order valence-corrected chi connectivity index (χ2v) is 24.7. The van der Waals surface area contributed by atoms with Crippen LogP contribution in [0.1, 0.15) is 66.8 Å². The summed E-state index contributed by atoms with van der Waals surface area (Å²) >= 11 is 0. The predicted octanol–water partition coefficient (Wildman–Crippen LogP) is 22.3. The van der Waals surface area contributed by atoms with Crippen LogP contribution in [0.2, 0.25) is 0 Å². The minimum Gasteiger partial charge on any atom is -0.457 e. The zero-order valence-corrected chi connectivity index (χ0v) is 49.6. The largest absolute Gasteiger partial charge is 0.457 e. The van der Waals surface area contributed by atoms with Crippen molar-refractivity contribution in [2.75, 3.05) is 0 Å². The average Bonchev–Trinajstić information content (AvgIpc) is 1.51. The Bertz CT molecular complexity index is 5110. The van der Waals surface area contributed by atoms with Gasteiger partial charge in [0.2, 0.25) is 0 Å². The lowest BCUT2D eigenvalue weighted by Gasteiger charge is -2.43. The molecule has 91 heavy (non-hydrogen) atoms. The first-order valence-corrected chi connectivity index (χ1v) is 31.6. The van der Waals surface area contributed by atoms with Crippen molar-refractivity contribution in [3.05, 3.63) is 406 Å². The van der Waals surface area contributed by atoms with Gasteiger partial charge in [-0.2, -0.15) is 0 Å². The van der Waals surface area contributed by atoms with E-state index in [1.807, 2.05) is 0 Å². The van der Waals surface area contributed by atoms with Crippen LogP contribution in [-0.2, 0) is 16.2 Å². The highest BCUT2D eigenvalue weighted by atomic mass is 16.5. The van der Waals surface area contributed by atoms with Gasteiger partial charge in [-0.15, -0.1) is 0 Å². The molecule has 0 N–H and O–H groups in total. The molecule has 15 aromatic carbocycles. The van der Waals surface area contributed by atoms with Crippen LogP contribution in [0.3, 0.4) is 0 Å². The van der Waals surface area contributed by atoms with Crippen LogP contribution in [0.25, 0.3) is 77.2 Å². The van der Waals surface area contributed by atoms with Crippen LogP contribution in [0.4, 0.5) is 0 Å². The summed E-state index contributed by atoms with van der Waals surface area (Å²) in [5.74, 6) is 3.35. The molecule has 2 nitrogen and oxygen atoms in total. The van der Waals surface area contributed by atoms with E-state index in [0.717, 1.165) is 89.1 Å². The van der Waals surface area contributed by atoms with Crippen LogP contribution >= 0.6 is 0 Å². The van der Waals surface area contributed by atoms with Gasteiger partial charge in [-0.25, -0.2) is 0 Å². The van der Waals surface area contributed by atoms with E-state index in [-0.39, 0.29) is 0 Å². The molecule has 2 aliphatic carbocycles. The van der Waals surface area contributed by atoms with Crippen LogP contribution in [0.5, 0.6) is 23.0 Å². The first-order chi connectivity index (χ1) is 45.2. The van der Waals surface area contributed by atoms with Crippen molar-refractivity contribution in [1.82, 2.24) is 0 Å². The van der Waals surface area contributed by atoms with Crippen molar-refractivity contribution < 1.29 is 9.47 Å². The highest BCUT2D eigenvalue weighted by Crippen LogP contribution is 2.66. The molecule has 19 rings (SSSR count). The van der Waals surface area contributed by atoms with Gasteiger partial charge >= 0.3 is 0 Å². The number of hydrogen-bond acceptors (Lipinski definition) is 2. The molecule has 0 fully saturated rings. The van der Waals surface area contributed by atoms with E-state index in [9.17, 15) is 0 Å². The lowest BCUT2D eigenvalue weighted by Crippen LogP contribution is -2.34. The molecule has 4 aliphatic rings. The van der Waals surface area contributed by atoms with Gasteiger partial charge in [0, 0.05) is 22.3 Å². The topological polar surface area (TPSA) is 18.5 Å². The van der Waals surface area contributed by atoms with Gasteiger partial charge in [0.25, 0.3) is 0 Å². The smallest absolute Gasteiger partial charge is 0.132 e. The number of fused-ring (bicyclic) bond motifs is 16. The Morgan fingerprint density at radius 3 is 0.934 bits per heavy atom. The van der Waals surface area contributed by atoms with Gasteiger partial charge in [-0.1, -0.05) is 309 Å². The van der Waals surface area contributed by atoms with Crippen molar-refractivity contribution in [3.63, 3.8) is 0 Å². The van der Waals surface area contributed by atoms with Gasteiger partial charge in [-0.05, 0) is 152 Å². The van der Waals surface area contributed by atoms with E-state index in [0.29, 0.717) is 0 Å². The number of benzene rings is 15. The molecular weight excluding hydrogens is 1100 g/mol. The summed E-state index contributed by atoms with van der Waals surface area (Å²) in [5, 5.41) is 4.60. The molecule has 0 aromatic heterocycles. The molecule has 2 heteroatoms. The molecule has 0 amide bonds. The Morgan fingerprint density at radius 2 is 0.484 bits per heavy atom.